The molecule has 1 fully saturated rings. The Labute approximate surface area is 128 Å². The first kappa shape index (κ1) is 13.9. The van der Waals surface area contributed by atoms with Crippen molar-refractivity contribution in [3.8, 4) is 5.75 Å². The summed E-state index contributed by atoms with van der Waals surface area (Å²) in [7, 11) is 0. The monoisotopic (exact) mass is 256 g/mol. The Hall–Kier alpha value is -0.520. The van der Waals surface area contributed by atoms with Crippen LogP contribution in [0.3, 0.4) is 0 Å². The molecule has 0 spiro atoms. The van der Waals surface area contributed by atoms with Crippen molar-refractivity contribution >= 4 is 40.5 Å². The Balaban J connectivity index is 0.00000120. The van der Waals surface area contributed by atoms with Gasteiger partial charge in [-0.1, -0.05) is 0 Å². The number of hydrogen-bond acceptors (Lipinski definition) is 3. The van der Waals surface area contributed by atoms with Crippen molar-refractivity contribution in [2.75, 3.05) is 26.3 Å². The number of benzene rings is 1. The van der Waals surface area contributed by atoms with Crippen LogP contribution in [0.25, 0.3) is 10.9 Å². The second-order valence-electron chi connectivity index (χ2n) is 4.43. The summed E-state index contributed by atoms with van der Waals surface area (Å²) in [5.41, 5.74) is 2.27. The van der Waals surface area contributed by atoms with E-state index in [-0.39, 0.29) is 29.6 Å². The molecule has 0 unspecified atom stereocenters. The third kappa shape index (κ3) is 2.90. The van der Waals surface area contributed by atoms with E-state index in [0.29, 0.717) is 5.75 Å². The van der Waals surface area contributed by atoms with E-state index in [1.54, 1.807) is 12.1 Å². The van der Waals surface area contributed by atoms with Gasteiger partial charge in [-0.15, -0.1) is 0 Å². The Bertz CT molecular complexity index is 521. The van der Waals surface area contributed by atoms with Gasteiger partial charge in [-0.25, -0.2) is 0 Å². The van der Waals surface area contributed by atoms with E-state index >= 15 is 0 Å². The maximum absolute atomic E-state index is 9.41. The summed E-state index contributed by atoms with van der Waals surface area (Å²) in [6, 6.07) is 5.47. The maximum atomic E-state index is 9.41. The fourth-order valence-corrected chi connectivity index (χ4v) is 2.31. The van der Waals surface area contributed by atoms with Crippen LogP contribution >= 0.6 is 0 Å². The van der Waals surface area contributed by atoms with Crippen molar-refractivity contribution < 1.29 is 9.84 Å². The third-order valence-electron chi connectivity index (χ3n) is 3.25. The van der Waals surface area contributed by atoms with Crippen LogP contribution in [0.1, 0.15) is 5.56 Å². The number of phenols is 1. The van der Waals surface area contributed by atoms with Gasteiger partial charge in [-0.05, 0) is 17.7 Å². The zero-order valence-corrected chi connectivity index (χ0v) is 9.65. The van der Waals surface area contributed by atoms with Crippen LogP contribution < -0.4 is 0 Å². The Morgan fingerprint density at radius 3 is 2.83 bits per heavy atom. The van der Waals surface area contributed by atoms with Crippen LogP contribution in [0, 0.1) is 0 Å². The molecule has 0 radical (unpaired) electrons. The summed E-state index contributed by atoms with van der Waals surface area (Å²) in [5, 5.41) is 10.6. The van der Waals surface area contributed by atoms with Crippen LogP contribution in [0.2, 0.25) is 0 Å². The summed E-state index contributed by atoms with van der Waals surface area (Å²) < 4.78 is 5.34. The van der Waals surface area contributed by atoms with Crippen molar-refractivity contribution in [3.63, 3.8) is 0 Å². The molecule has 1 aliphatic rings. The molecule has 2 aromatic rings. The molecule has 2 N–H and O–H groups in total. The number of nitrogens with zero attached hydrogens (tertiary/aromatic N) is 1. The van der Waals surface area contributed by atoms with Crippen molar-refractivity contribution in [3.05, 3.63) is 30.0 Å². The zero-order valence-electron chi connectivity index (χ0n) is 9.65. The number of aromatic nitrogens is 1. The third-order valence-corrected chi connectivity index (χ3v) is 3.25. The fourth-order valence-electron chi connectivity index (χ4n) is 2.31. The SMILES string of the molecule is Oc1ccc2c(CN3CCOCC3)c[nH]c2c1.[NaH]. The summed E-state index contributed by atoms with van der Waals surface area (Å²) in [4.78, 5) is 5.59. The van der Waals surface area contributed by atoms with Gasteiger partial charge < -0.3 is 14.8 Å². The fraction of sp³-hybridized carbons (Fsp3) is 0.385. The van der Waals surface area contributed by atoms with Gasteiger partial charge in [0, 0.05) is 42.8 Å². The predicted octanol–water partition coefficient (Wildman–Crippen LogP) is 1.06. The number of aromatic hydroxyl groups is 1. The minimum absolute atomic E-state index is 0. The normalized spacial score (nSPS) is 16.7. The number of H-pyrrole nitrogens is 1. The first-order valence-electron chi connectivity index (χ1n) is 5.92. The van der Waals surface area contributed by atoms with Gasteiger partial charge in [0.25, 0.3) is 0 Å². The second kappa shape index (κ2) is 6.08. The molecule has 0 bridgehead atoms. The van der Waals surface area contributed by atoms with Crippen LogP contribution in [0.15, 0.2) is 24.4 Å². The molecule has 4 nitrogen and oxygen atoms in total. The minimum atomic E-state index is 0. The molecular formula is C13H17N2NaO2. The van der Waals surface area contributed by atoms with Crippen LogP contribution in [0.4, 0.5) is 0 Å². The van der Waals surface area contributed by atoms with E-state index in [1.807, 2.05) is 12.3 Å². The number of morpholine rings is 1. The van der Waals surface area contributed by atoms with Gasteiger partial charge in [0.15, 0.2) is 0 Å². The average molecular weight is 256 g/mol. The van der Waals surface area contributed by atoms with E-state index in [4.69, 9.17) is 4.74 Å². The molecule has 1 saturated heterocycles. The summed E-state index contributed by atoms with van der Waals surface area (Å²) >= 11 is 0. The Morgan fingerprint density at radius 1 is 1.28 bits per heavy atom. The quantitative estimate of drug-likeness (QED) is 0.790. The average Bonchev–Trinajstić information content (AvgIpc) is 2.73. The zero-order chi connectivity index (χ0) is 11.7. The summed E-state index contributed by atoms with van der Waals surface area (Å²) in [6.07, 6.45) is 2.03. The van der Waals surface area contributed by atoms with Crippen LogP contribution in [0.5, 0.6) is 5.75 Å². The number of hydrogen-bond donors (Lipinski definition) is 2. The molecule has 0 saturated carbocycles. The van der Waals surface area contributed by atoms with Crippen LogP contribution in [-0.2, 0) is 11.3 Å². The van der Waals surface area contributed by atoms with E-state index in [0.717, 1.165) is 38.4 Å². The molecule has 0 amide bonds. The second-order valence-corrected chi connectivity index (χ2v) is 4.43. The van der Waals surface area contributed by atoms with Crippen molar-refractivity contribution in [1.29, 1.82) is 0 Å². The Morgan fingerprint density at radius 2 is 2.06 bits per heavy atom. The molecule has 18 heavy (non-hydrogen) atoms. The summed E-state index contributed by atoms with van der Waals surface area (Å²) in [6.45, 7) is 4.57. The standard InChI is InChI=1S/C13H16N2O2.Na.H/c16-11-1-2-12-10(8-14-13(12)7-11)9-15-3-5-17-6-4-15;;/h1-2,7-8,14,16H,3-6,9H2;;. The molecule has 1 aromatic carbocycles. The number of aromatic amines is 1. The topological polar surface area (TPSA) is 48.5 Å². The van der Waals surface area contributed by atoms with Crippen molar-refractivity contribution in [2.24, 2.45) is 0 Å². The van der Waals surface area contributed by atoms with Gasteiger partial charge in [0.05, 0.1) is 13.2 Å². The molecular weight excluding hydrogens is 239 g/mol. The number of nitrogens with one attached hydrogen (secondary N) is 1. The van der Waals surface area contributed by atoms with Gasteiger partial charge in [0.1, 0.15) is 5.75 Å². The molecule has 0 atom stereocenters. The van der Waals surface area contributed by atoms with Gasteiger partial charge >= 0.3 is 29.6 Å². The predicted molar refractivity (Wildman–Crippen MR) is 73.2 cm³/mol. The van der Waals surface area contributed by atoms with Crippen molar-refractivity contribution in [1.82, 2.24) is 9.88 Å². The first-order valence-corrected chi connectivity index (χ1v) is 5.92. The van der Waals surface area contributed by atoms with E-state index in [2.05, 4.69) is 9.88 Å². The number of phenolic OH excluding ortho intramolecular Hbond substituents is 1. The molecule has 1 aliphatic heterocycles. The molecule has 92 valence electrons. The van der Waals surface area contributed by atoms with Gasteiger partial charge in [-0.2, -0.15) is 0 Å². The van der Waals surface area contributed by atoms with E-state index in [9.17, 15) is 5.11 Å². The van der Waals surface area contributed by atoms with E-state index in [1.165, 1.54) is 10.9 Å². The molecule has 3 rings (SSSR count). The molecule has 1 aromatic heterocycles. The number of rotatable bonds is 2. The molecule has 2 heterocycles. The molecule has 5 heteroatoms. The van der Waals surface area contributed by atoms with E-state index < -0.39 is 0 Å². The number of fused-ring (bicyclic) bond motifs is 1. The first-order chi connectivity index (χ1) is 8.33. The summed E-state index contributed by atoms with van der Waals surface area (Å²) in [5.74, 6) is 0.303. The van der Waals surface area contributed by atoms with Crippen LogP contribution in [-0.4, -0.2) is 70.9 Å². The van der Waals surface area contributed by atoms with Gasteiger partial charge in [0.2, 0.25) is 0 Å². The van der Waals surface area contributed by atoms with Crippen molar-refractivity contribution in [2.45, 2.75) is 6.54 Å². The Kier molecular flexibility index (Phi) is 4.70. The van der Waals surface area contributed by atoms with Gasteiger partial charge in [-0.3, -0.25) is 4.90 Å². The number of ether oxygens (including phenoxy) is 1. The molecule has 0 aliphatic carbocycles.